The molecule has 0 aliphatic carbocycles. The van der Waals surface area contributed by atoms with Crippen LogP contribution >= 0.6 is 0 Å². The van der Waals surface area contributed by atoms with Gasteiger partial charge in [-0.05, 0) is 26.7 Å². The molecule has 0 atom stereocenters. The SMILES string of the molecule is CC(C)(CNC1CCS(=O)(=O)CC1)NS(C)(=O)=O. The van der Waals surface area contributed by atoms with Gasteiger partial charge in [0.1, 0.15) is 9.84 Å². The molecule has 1 saturated heterocycles. The van der Waals surface area contributed by atoms with Gasteiger partial charge in [-0.2, -0.15) is 0 Å². The molecule has 1 aliphatic heterocycles. The van der Waals surface area contributed by atoms with Gasteiger partial charge in [0.05, 0.1) is 17.8 Å². The predicted octanol–water partition coefficient (Wildman–Crippen LogP) is -0.519. The summed E-state index contributed by atoms with van der Waals surface area (Å²) in [7, 11) is -6.09. The molecule has 0 saturated carbocycles. The minimum absolute atomic E-state index is 0.147. The topological polar surface area (TPSA) is 92.3 Å². The molecule has 0 aromatic carbocycles. The molecule has 0 aromatic rings. The van der Waals surface area contributed by atoms with Gasteiger partial charge in [0.2, 0.25) is 10.0 Å². The van der Waals surface area contributed by atoms with Crippen LogP contribution in [0.25, 0.3) is 0 Å². The molecule has 0 radical (unpaired) electrons. The smallest absolute Gasteiger partial charge is 0.209 e. The summed E-state index contributed by atoms with van der Waals surface area (Å²) in [5.41, 5.74) is -0.579. The van der Waals surface area contributed by atoms with Crippen molar-refractivity contribution in [3.05, 3.63) is 0 Å². The lowest BCUT2D eigenvalue weighted by Gasteiger charge is -2.30. The van der Waals surface area contributed by atoms with Crippen molar-refractivity contribution in [3.8, 4) is 0 Å². The Bertz CT molecular complexity index is 468. The van der Waals surface area contributed by atoms with Gasteiger partial charge in [-0.25, -0.2) is 21.6 Å². The van der Waals surface area contributed by atoms with E-state index in [4.69, 9.17) is 0 Å². The Labute approximate surface area is 110 Å². The molecule has 0 amide bonds. The molecular weight excluding hydrogens is 276 g/mol. The van der Waals surface area contributed by atoms with Crippen LogP contribution in [-0.4, -0.2) is 52.7 Å². The van der Waals surface area contributed by atoms with Crippen LogP contribution in [0.5, 0.6) is 0 Å². The third-order valence-electron chi connectivity index (χ3n) is 2.85. The van der Waals surface area contributed by atoms with Crippen molar-refractivity contribution in [2.24, 2.45) is 0 Å². The molecule has 1 fully saturated rings. The van der Waals surface area contributed by atoms with Gasteiger partial charge < -0.3 is 5.32 Å². The first-order valence-corrected chi connectivity index (χ1v) is 9.63. The maximum Gasteiger partial charge on any atom is 0.209 e. The van der Waals surface area contributed by atoms with E-state index in [0.29, 0.717) is 19.4 Å². The van der Waals surface area contributed by atoms with Crippen LogP contribution in [0.1, 0.15) is 26.7 Å². The number of nitrogens with one attached hydrogen (secondary N) is 2. The summed E-state index contributed by atoms with van der Waals surface area (Å²) in [4.78, 5) is 0. The summed E-state index contributed by atoms with van der Waals surface area (Å²) >= 11 is 0. The van der Waals surface area contributed by atoms with Crippen LogP contribution in [0, 0.1) is 0 Å². The van der Waals surface area contributed by atoms with Gasteiger partial charge in [0.15, 0.2) is 0 Å². The van der Waals surface area contributed by atoms with Gasteiger partial charge in [-0.3, -0.25) is 0 Å². The summed E-state index contributed by atoms with van der Waals surface area (Å²) in [6, 6.07) is 0.147. The summed E-state index contributed by atoms with van der Waals surface area (Å²) in [6.07, 6.45) is 2.32. The molecule has 2 N–H and O–H groups in total. The van der Waals surface area contributed by atoms with E-state index in [0.717, 1.165) is 6.26 Å². The largest absolute Gasteiger partial charge is 0.312 e. The first kappa shape index (κ1) is 15.9. The fraction of sp³-hybridized carbons (Fsp3) is 1.00. The zero-order valence-corrected chi connectivity index (χ0v) is 12.7. The Morgan fingerprint density at radius 2 is 1.72 bits per heavy atom. The van der Waals surface area contributed by atoms with E-state index in [9.17, 15) is 16.8 Å². The Morgan fingerprint density at radius 1 is 1.22 bits per heavy atom. The van der Waals surface area contributed by atoms with Crippen LogP contribution in [0.4, 0.5) is 0 Å². The first-order valence-electron chi connectivity index (χ1n) is 5.92. The van der Waals surface area contributed by atoms with E-state index in [1.165, 1.54) is 0 Å². The monoisotopic (exact) mass is 298 g/mol. The quantitative estimate of drug-likeness (QED) is 0.712. The predicted molar refractivity (Wildman–Crippen MR) is 71.7 cm³/mol. The second-order valence-electron chi connectivity index (χ2n) is 5.57. The van der Waals surface area contributed by atoms with Gasteiger partial charge in [-0.1, -0.05) is 0 Å². The molecule has 6 nitrogen and oxygen atoms in total. The second kappa shape index (κ2) is 5.44. The lowest BCUT2D eigenvalue weighted by atomic mass is 10.1. The van der Waals surface area contributed by atoms with Crippen molar-refractivity contribution in [2.45, 2.75) is 38.3 Å². The Morgan fingerprint density at radius 3 is 2.17 bits per heavy atom. The highest BCUT2D eigenvalue weighted by atomic mass is 32.2. The van der Waals surface area contributed by atoms with Crippen molar-refractivity contribution in [3.63, 3.8) is 0 Å². The number of hydrogen-bond donors (Lipinski definition) is 2. The Hall–Kier alpha value is -0.180. The van der Waals surface area contributed by atoms with E-state index in [2.05, 4.69) is 10.0 Å². The van der Waals surface area contributed by atoms with Crippen molar-refractivity contribution >= 4 is 19.9 Å². The maximum atomic E-state index is 11.3. The highest BCUT2D eigenvalue weighted by Crippen LogP contribution is 2.13. The van der Waals surface area contributed by atoms with E-state index < -0.39 is 25.4 Å². The third-order valence-corrected chi connectivity index (χ3v) is 5.49. The number of rotatable bonds is 5. The highest BCUT2D eigenvalue weighted by Gasteiger charge is 2.27. The van der Waals surface area contributed by atoms with Crippen LogP contribution < -0.4 is 10.0 Å². The first-order chi connectivity index (χ1) is 7.99. The van der Waals surface area contributed by atoms with Crippen molar-refractivity contribution in [2.75, 3.05) is 24.3 Å². The normalized spacial score (nSPS) is 21.9. The number of sulfone groups is 1. The fourth-order valence-corrected chi connectivity index (χ4v) is 4.60. The van der Waals surface area contributed by atoms with E-state index in [1.807, 2.05) is 0 Å². The molecule has 18 heavy (non-hydrogen) atoms. The minimum atomic E-state index is -3.24. The summed E-state index contributed by atoms with van der Waals surface area (Å²) in [5.74, 6) is 0.426. The average Bonchev–Trinajstić information content (AvgIpc) is 2.12. The highest BCUT2D eigenvalue weighted by molar-refractivity contribution is 7.91. The summed E-state index contributed by atoms with van der Waals surface area (Å²) in [6.45, 7) is 4.06. The molecule has 8 heteroatoms. The van der Waals surface area contributed by atoms with E-state index in [1.54, 1.807) is 13.8 Å². The van der Waals surface area contributed by atoms with Gasteiger partial charge in [0, 0.05) is 18.1 Å². The Balaban J connectivity index is 2.42. The fourth-order valence-electron chi connectivity index (χ4n) is 2.03. The van der Waals surface area contributed by atoms with Gasteiger partial charge in [-0.15, -0.1) is 0 Å². The lowest BCUT2D eigenvalue weighted by molar-refractivity contribution is 0.373. The molecule has 0 unspecified atom stereocenters. The molecule has 108 valence electrons. The van der Waals surface area contributed by atoms with Crippen molar-refractivity contribution in [1.29, 1.82) is 0 Å². The van der Waals surface area contributed by atoms with Crippen molar-refractivity contribution < 1.29 is 16.8 Å². The molecule has 0 aromatic heterocycles. The second-order valence-corrected chi connectivity index (χ2v) is 9.62. The van der Waals surface area contributed by atoms with Crippen molar-refractivity contribution in [1.82, 2.24) is 10.0 Å². The maximum absolute atomic E-state index is 11.3. The number of hydrogen-bond acceptors (Lipinski definition) is 5. The number of sulfonamides is 1. The summed E-state index contributed by atoms with van der Waals surface area (Å²) < 4.78 is 47.4. The van der Waals surface area contributed by atoms with Gasteiger partial charge in [0.25, 0.3) is 0 Å². The molecule has 0 spiro atoms. The standard InChI is InChI=1S/C10H22N2O4S2/c1-10(2,12-17(3,13)14)8-11-9-4-6-18(15,16)7-5-9/h9,11-12H,4-8H2,1-3H3. The lowest BCUT2D eigenvalue weighted by Crippen LogP contribution is -2.52. The van der Waals surface area contributed by atoms with Gasteiger partial charge >= 0.3 is 0 Å². The third kappa shape index (κ3) is 6.12. The zero-order valence-electron chi connectivity index (χ0n) is 11.1. The molecule has 0 bridgehead atoms. The molecule has 1 rings (SSSR count). The van der Waals surface area contributed by atoms with E-state index >= 15 is 0 Å². The van der Waals surface area contributed by atoms with Crippen LogP contribution in [0.3, 0.4) is 0 Å². The Kier molecular flexibility index (Phi) is 4.80. The van der Waals surface area contributed by atoms with Crippen LogP contribution in [0.15, 0.2) is 0 Å². The van der Waals surface area contributed by atoms with Crippen LogP contribution in [0.2, 0.25) is 0 Å². The molecule has 1 heterocycles. The zero-order chi connectivity index (χ0) is 14.0. The summed E-state index contributed by atoms with van der Waals surface area (Å²) in [5, 5.41) is 3.23. The molecular formula is C10H22N2O4S2. The molecule has 1 aliphatic rings. The average molecular weight is 298 g/mol. The minimum Gasteiger partial charge on any atom is -0.312 e. The van der Waals surface area contributed by atoms with Crippen LogP contribution in [-0.2, 0) is 19.9 Å². The van der Waals surface area contributed by atoms with E-state index in [-0.39, 0.29) is 17.5 Å².